The molecule has 3 nitrogen and oxygen atoms in total. The Morgan fingerprint density at radius 2 is 1.95 bits per heavy atom. The van der Waals surface area contributed by atoms with Crippen LogP contribution < -0.4 is 14.8 Å². The molecule has 0 spiro atoms. The number of hydrogen-bond acceptors (Lipinski definition) is 3. The molecule has 3 rings (SSSR count). The Morgan fingerprint density at radius 1 is 1.11 bits per heavy atom. The van der Waals surface area contributed by atoms with Crippen molar-refractivity contribution in [3.63, 3.8) is 0 Å². The second kappa shape index (κ2) is 5.31. The van der Waals surface area contributed by atoms with Crippen molar-refractivity contribution in [3.05, 3.63) is 51.5 Å². The molecule has 0 unspecified atom stereocenters. The first kappa shape index (κ1) is 12.6. The topological polar surface area (TPSA) is 30.5 Å². The van der Waals surface area contributed by atoms with Gasteiger partial charge >= 0.3 is 0 Å². The Morgan fingerprint density at radius 3 is 2.79 bits per heavy atom. The smallest absolute Gasteiger partial charge is 0.231 e. The Kier molecular flexibility index (Phi) is 3.53. The van der Waals surface area contributed by atoms with Crippen LogP contribution in [0.4, 0.5) is 5.69 Å². The van der Waals surface area contributed by atoms with Gasteiger partial charge in [0.2, 0.25) is 6.79 Å². The van der Waals surface area contributed by atoms with E-state index >= 15 is 0 Å². The van der Waals surface area contributed by atoms with E-state index in [1.807, 2.05) is 36.4 Å². The summed E-state index contributed by atoms with van der Waals surface area (Å²) >= 11 is 9.54. The highest BCUT2D eigenvalue weighted by atomic mass is 79.9. The molecule has 0 bridgehead atoms. The first-order valence-corrected chi connectivity index (χ1v) is 6.97. The third-order valence-corrected chi connectivity index (χ3v) is 3.66. The fraction of sp³-hybridized carbons (Fsp3) is 0.143. The molecule has 5 heteroatoms. The minimum Gasteiger partial charge on any atom is -0.454 e. The summed E-state index contributed by atoms with van der Waals surface area (Å²) in [5.74, 6) is 1.59. The normalized spacial score (nSPS) is 12.5. The van der Waals surface area contributed by atoms with Gasteiger partial charge in [-0.25, -0.2) is 0 Å². The van der Waals surface area contributed by atoms with E-state index in [2.05, 4.69) is 21.2 Å². The molecule has 1 N–H and O–H groups in total. The van der Waals surface area contributed by atoms with Crippen molar-refractivity contribution in [2.24, 2.45) is 0 Å². The zero-order chi connectivity index (χ0) is 13.2. The lowest BCUT2D eigenvalue weighted by molar-refractivity contribution is 0.174. The molecular formula is C14H11BrClNO2. The van der Waals surface area contributed by atoms with Crippen molar-refractivity contribution in [2.75, 3.05) is 12.1 Å². The number of nitrogens with one attached hydrogen (secondary N) is 1. The third kappa shape index (κ3) is 2.80. The first-order chi connectivity index (χ1) is 9.22. The summed E-state index contributed by atoms with van der Waals surface area (Å²) in [4.78, 5) is 0. The number of fused-ring (bicyclic) bond motifs is 1. The highest BCUT2D eigenvalue weighted by Gasteiger charge is 2.13. The predicted octanol–water partition coefficient (Wildman–Crippen LogP) is 4.44. The van der Waals surface area contributed by atoms with Crippen molar-refractivity contribution in [2.45, 2.75) is 6.54 Å². The van der Waals surface area contributed by atoms with Crippen LogP contribution >= 0.6 is 27.5 Å². The highest BCUT2D eigenvalue weighted by molar-refractivity contribution is 9.10. The van der Waals surface area contributed by atoms with Gasteiger partial charge in [-0.2, -0.15) is 0 Å². The average Bonchev–Trinajstić information content (AvgIpc) is 2.85. The lowest BCUT2D eigenvalue weighted by atomic mass is 10.2. The van der Waals surface area contributed by atoms with Crippen molar-refractivity contribution >= 4 is 33.2 Å². The molecule has 0 fully saturated rings. The van der Waals surface area contributed by atoms with Crippen LogP contribution in [0.25, 0.3) is 0 Å². The number of halogens is 2. The fourth-order valence-corrected chi connectivity index (χ4v) is 2.62. The van der Waals surface area contributed by atoms with Crippen LogP contribution in [-0.2, 0) is 6.54 Å². The fourth-order valence-electron chi connectivity index (χ4n) is 1.88. The van der Waals surface area contributed by atoms with Crippen LogP contribution in [0.1, 0.15) is 5.56 Å². The largest absolute Gasteiger partial charge is 0.454 e. The summed E-state index contributed by atoms with van der Waals surface area (Å²) in [7, 11) is 0. The molecule has 1 aliphatic heterocycles. The molecule has 1 heterocycles. The van der Waals surface area contributed by atoms with Gasteiger partial charge in [-0.3, -0.25) is 0 Å². The van der Waals surface area contributed by atoms with Crippen LogP contribution in [0.2, 0.25) is 5.02 Å². The summed E-state index contributed by atoms with van der Waals surface area (Å²) in [5, 5.41) is 3.99. The number of ether oxygens (including phenoxy) is 2. The molecule has 0 aliphatic carbocycles. The maximum absolute atomic E-state index is 6.15. The summed E-state index contributed by atoms with van der Waals surface area (Å²) < 4.78 is 11.6. The standard InChI is InChI=1S/C14H11BrClNO2/c15-10-2-3-12(11(16)6-10)17-7-9-1-4-13-14(5-9)19-8-18-13/h1-6,17H,7-8H2. The van der Waals surface area contributed by atoms with E-state index in [4.69, 9.17) is 21.1 Å². The summed E-state index contributed by atoms with van der Waals surface area (Å²) in [6.45, 7) is 0.975. The quantitative estimate of drug-likeness (QED) is 0.896. The van der Waals surface area contributed by atoms with Gasteiger partial charge in [-0.15, -0.1) is 0 Å². The molecule has 1 aliphatic rings. The lowest BCUT2D eigenvalue weighted by Crippen LogP contribution is -1.99. The molecule has 0 radical (unpaired) electrons. The molecule has 98 valence electrons. The van der Waals surface area contributed by atoms with Gasteiger partial charge < -0.3 is 14.8 Å². The molecule has 0 saturated carbocycles. The van der Waals surface area contributed by atoms with Crippen molar-refractivity contribution in [3.8, 4) is 11.5 Å². The van der Waals surface area contributed by atoms with Crippen molar-refractivity contribution in [1.82, 2.24) is 0 Å². The Hall–Kier alpha value is -1.39. The minimum atomic E-state index is 0.296. The zero-order valence-electron chi connectivity index (χ0n) is 9.95. The van der Waals surface area contributed by atoms with E-state index in [9.17, 15) is 0 Å². The summed E-state index contributed by atoms with van der Waals surface area (Å²) in [6, 6.07) is 11.7. The zero-order valence-corrected chi connectivity index (χ0v) is 12.3. The molecule has 0 amide bonds. The maximum Gasteiger partial charge on any atom is 0.231 e. The van der Waals surface area contributed by atoms with Crippen LogP contribution in [0.15, 0.2) is 40.9 Å². The molecule has 0 saturated heterocycles. The maximum atomic E-state index is 6.15. The van der Waals surface area contributed by atoms with Gasteiger partial charge in [0.05, 0.1) is 10.7 Å². The number of benzene rings is 2. The average molecular weight is 341 g/mol. The Labute approximate surface area is 124 Å². The van der Waals surface area contributed by atoms with Gasteiger partial charge in [0.25, 0.3) is 0 Å². The first-order valence-electron chi connectivity index (χ1n) is 5.80. The van der Waals surface area contributed by atoms with Gasteiger partial charge in [0.15, 0.2) is 11.5 Å². The van der Waals surface area contributed by atoms with Crippen LogP contribution in [0.3, 0.4) is 0 Å². The molecule has 0 atom stereocenters. The number of hydrogen-bond donors (Lipinski definition) is 1. The van der Waals surface area contributed by atoms with Gasteiger partial charge in [-0.1, -0.05) is 33.6 Å². The van der Waals surface area contributed by atoms with Crippen LogP contribution in [-0.4, -0.2) is 6.79 Å². The van der Waals surface area contributed by atoms with Crippen LogP contribution in [0, 0.1) is 0 Å². The predicted molar refractivity (Wildman–Crippen MR) is 79.0 cm³/mol. The number of anilines is 1. The SMILES string of the molecule is Clc1cc(Br)ccc1NCc1ccc2c(c1)OCO2. The third-order valence-electron chi connectivity index (χ3n) is 2.85. The molecule has 2 aromatic carbocycles. The second-order valence-electron chi connectivity index (χ2n) is 4.17. The van der Waals surface area contributed by atoms with Crippen LogP contribution in [0.5, 0.6) is 11.5 Å². The summed E-state index contributed by atoms with van der Waals surface area (Å²) in [6.07, 6.45) is 0. The van der Waals surface area contributed by atoms with E-state index < -0.39 is 0 Å². The van der Waals surface area contributed by atoms with Gasteiger partial charge in [0.1, 0.15) is 0 Å². The highest BCUT2D eigenvalue weighted by Crippen LogP contribution is 2.33. The minimum absolute atomic E-state index is 0.296. The van der Waals surface area contributed by atoms with E-state index in [0.29, 0.717) is 18.4 Å². The van der Waals surface area contributed by atoms with Gasteiger partial charge in [0, 0.05) is 11.0 Å². The number of rotatable bonds is 3. The molecule has 0 aromatic heterocycles. The molecule has 19 heavy (non-hydrogen) atoms. The van der Waals surface area contributed by atoms with E-state index in [0.717, 1.165) is 27.2 Å². The molecule has 2 aromatic rings. The van der Waals surface area contributed by atoms with Crippen molar-refractivity contribution in [1.29, 1.82) is 0 Å². The monoisotopic (exact) mass is 339 g/mol. The second-order valence-corrected chi connectivity index (χ2v) is 5.49. The Balaban J connectivity index is 1.72. The van der Waals surface area contributed by atoms with E-state index in [1.54, 1.807) is 0 Å². The van der Waals surface area contributed by atoms with Gasteiger partial charge in [-0.05, 0) is 35.9 Å². The Bertz CT molecular complexity index is 618. The van der Waals surface area contributed by atoms with E-state index in [1.165, 1.54) is 0 Å². The van der Waals surface area contributed by atoms with Crippen molar-refractivity contribution < 1.29 is 9.47 Å². The molecular weight excluding hydrogens is 330 g/mol. The summed E-state index contributed by atoms with van der Waals surface area (Å²) in [5.41, 5.74) is 2.02. The lowest BCUT2D eigenvalue weighted by Gasteiger charge is -2.09. The van der Waals surface area contributed by atoms with E-state index in [-0.39, 0.29) is 0 Å².